The van der Waals surface area contributed by atoms with Gasteiger partial charge in [0.15, 0.2) is 11.5 Å². The molecule has 0 amide bonds. The lowest BCUT2D eigenvalue weighted by Gasteiger charge is -2.44. The largest absolute Gasteiger partial charge is 0.472 e. The summed E-state index contributed by atoms with van der Waals surface area (Å²) in [6.45, 7) is 1.96. The molecule has 0 spiro atoms. The van der Waals surface area contributed by atoms with E-state index in [9.17, 15) is 14.6 Å². The first-order valence-corrected chi connectivity index (χ1v) is 9.62. The predicted octanol–water partition coefficient (Wildman–Crippen LogP) is 1.12. The predicted molar refractivity (Wildman–Crippen MR) is 89.5 cm³/mol. The summed E-state index contributed by atoms with van der Waals surface area (Å²) < 4.78 is 23.5. The van der Waals surface area contributed by atoms with Gasteiger partial charge in [0, 0.05) is 18.6 Å². The number of aliphatic hydroxyl groups is 1. The van der Waals surface area contributed by atoms with E-state index in [1.165, 1.54) is 6.33 Å². The fraction of sp³-hybridized carbons (Fsp3) is 0.643. The number of phosphoric ester groups is 1. The first kappa shape index (κ1) is 18.2. The molecule has 0 aliphatic heterocycles. The first-order valence-electron chi connectivity index (χ1n) is 8.12. The number of hydrogen-bond acceptors (Lipinski definition) is 8. The van der Waals surface area contributed by atoms with Gasteiger partial charge in [0.05, 0.1) is 19.5 Å². The maximum atomic E-state index is 11.7. The van der Waals surface area contributed by atoms with Crippen LogP contribution in [0.25, 0.3) is 11.2 Å². The smallest absolute Gasteiger partial charge is 0.396 e. The molecule has 0 bridgehead atoms. The topological polar surface area (TPSA) is 146 Å². The van der Waals surface area contributed by atoms with Crippen LogP contribution in [0.3, 0.4) is 0 Å². The van der Waals surface area contributed by atoms with Crippen LogP contribution in [0, 0.1) is 11.8 Å². The third-order valence-electron chi connectivity index (χ3n) is 4.51. The van der Waals surface area contributed by atoms with Gasteiger partial charge in [0.2, 0.25) is 0 Å². The quantitative estimate of drug-likeness (QED) is 0.581. The number of anilines is 1. The number of nitrogens with two attached hydrogens (primary N) is 1. The molecule has 1 unspecified atom stereocenters. The van der Waals surface area contributed by atoms with Crippen LogP contribution in [0.5, 0.6) is 0 Å². The third-order valence-corrected chi connectivity index (χ3v) is 5.49. The van der Waals surface area contributed by atoms with Crippen molar-refractivity contribution in [2.45, 2.75) is 25.8 Å². The lowest BCUT2D eigenvalue weighted by molar-refractivity contribution is -0.00801. The lowest BCUT2D eigenvalue weighted by atomic mass is 9.70. The average molecular weight is 371 g/mol. The Labute approximate surface area is 144 Å². The molecular weight excluding hydrogens is 349 g/mol. The van der Waals surface area contributed by atoms with Crippen molar-refractivity contribution in [2.75, 3.05) is 25.6 Å². The maximum absolute atomic E-state index is 11.7. The Hall–Kier alpha value is -1.58. The molecule has 1 aliphatic carbocycles. The summed E-state index contributed by atoms with van der Waals surface area (Å²) in [7, 11) is -4.04. The van der Waals surface area contributed by atoms with Crippen LogP contribution in [-0.4, -0.2) is 49.3 Å². The zero-order valence-corrected chi connectivity index (χ0v) is 14.7. The van der Waals surface area contributed by atoms with Crippen LogP contribution >= 0.6 is 7.82 Å². The van der Waals surface area contributed by atoms with E-state index in [-0.39, 0.29) is 37.7 Å². The van der Waals surface area contributed by atoms with Crippen molar-refractivity contribution in [1.82, 2.24) is 19.5 Å². The number of fused-ring (bicyclic) bond motifs is 1. The van der Waals surface area contributed by atoms with Crippen LogP contribution in [0.4, 0.5) is 5.82 Å². The second kappa shape index (κ2) is 7.35. The molecule has 1 fully saturated rings. The minimum atomic E-state index is -4.04. The molecule has 138 valence electrons. The van der Waals surface area contributed by atoms with Gasteiger partial charge in [0.1, 0.15) is 11.8 Å². The molecule has 0 saturated heterocycles. The molecule has 10 nitrogen and oxygen atoms in total. The molecule has 2 heterocycles. The van der Waals surface area contributed by atoms with E-state index < -0.39 is 7.82 Å². The maximum Gasteiger partial charge on any atom is 0.472 e. The van der Waals surface area contributed by atoms with Gasteiger partial charge >= 0.3 is 7.82 Å². The molecule has 2 aromatic heterocycles. The van der Waals surface area contributed by atoms with E-state index in [0.717, 1.165) is 0 Å². The number of aliphatic hydroxyl groups excluding tert-OH is 1. The van der Waals surface area contributed by atoms with Gasteiger partial charge in [0.25, 0.3) is 0 Å². The standard InChI is InChI=1S/C14H22N5O5P/c1-2-3-23-25(21,22)24-6-9-4-11(10(9)5-20)19-8-18-12-13(15)16-7-17-14(12)19/h7-11,20H,2-6H2,1H3,(H,21,22)(H2,15,16,17)/t9-,10+,11-/m1/s1. The highest BCUT2D eigenvalue weighted by Gasteiger charge is 2.43. The summed E-state index contributed by atoms with van der Waals surface area (Å²) in [6, 6.07) is -0.0347. The molecule has 1 aliphatic rings. The van der Waals surface area contributed by atoms with Crippen molar-refractivity contribution in [3.05, 3.63) is 12.7 Å². The van der Waals surface area contributed by atoms with E-state index in [1.807, 2.05) is 11.5 Å². The molecular formula is C14H22N5O5P. The molecule has 0 aromatic carbocycles. The molecule has 4 N–H and O–H groups in total. The average Bonchev–Trinajstić information content (AvgIpc) is 2.97. The molecule has 4 atom stereocenters. The summed E-state index contributed by atoms with van der Waals surface area (Å²) in [5.74, 6) is 0.106. The van der Waals surface area contributed by atoms with Crippen LogP contribution in [0.15, 0.2) is 12.7 Å². The Morgan fingerprint density at radius 3 is 2.92 bits per heavy atom. The lowest BCUT2D eigenvalue weighted by Crippen LogP contribution is -2.42. The fourth-order valence-corrected chi connectivity index (χ4v) is 3.97. The minimum Gasteiger partial charge on any atom is -0.396 e. The Morgan fingerprint density at radius 2 is 2.20 bits per heavy atom. The monoisotopic (exact) mass is 371 g/mol. The zero-order valence-electron chi connectivity index (χ0n) is 13.9. The highest BCUT2D eigenvalue weighted by molar-refractivity contribution is 7.47. The van der Waals surface area contributed by atoms with Crippen LogP contribution < -0.4 is 5.73 Å². The Morgan fingerprint density at radius 1 is 1.40 bits per heavy atom. The molecule has 11 heteroatoms. The van der Waals surface area contributed by atoms with E-state index in [0.29, 0.717) is 29.8 Å². The number of aromatic nitrogens is 4. The summed E-state index contributed by atoms with van der Waals surface area (Å²) >= 11 is 0. The third kappa shape index (κ3) is 3.68. The number of hydrogen-bond donors (Lipinski definition) is 3. The molecule has 2 aromatic rings. The van der Waals surface area contributed by atoms with Crippen molar-refractivity contribution in [1.29, 1.82) is 0 Å². The second-order valence-corrected chi connectivity index (χ2v) is 7.54. The van der Waals surface area contributed by atoms with Gasteiger partial charge < -0.3 is 20.3 Å². The van der Waals surface area contributed by atoms with Crippen molar-refractivity contribution in [3.63, 3.8) is 0 Å². The molecule has 1 saturated carbocycles. The van der Waals surface area contributed by atoms with Crippen LogP contribution in [-0.2, 0) is 13.6 Å². The Balaban J connectivity index is 1.66. The fourth-order valence-electron chi connectivity index (χ4n) is 3.11. The number of nitrogens with zero attached hydrogens (tertiary/aromatic N) is 4. The Bertz CT molecular complexity index is 784. The van der Waals surface area contributed by atoms with Gasteiger partial charge in [-0.3, -0.25) is 9.05 Å². The van der Waals surface area contributed by atoms with Crippen LogP contribution in [0.2, 0.25) is 0 Å². The van der Waals surface area contributed by atoms with E-state index >= 15 is 0 Å². The summed E-state index contributed by atoms with van der Waals surface area (Å²) in [4.78, 5) is 21.9. The second-order valence-electron chi connectivity index (χ2n) is 6.09. The van der Waals surface area contributed by atoms with Crippen molar-refractivity contribution in [2.24, 2.45) is 11.8 Å². The van der Waals surface area contributed by atoms with Gasteiger partial charge in [-0.25, -0.2) is 19.5 Å². The van der Waals surface area contributed by atoms with Crippen molar-refractivity contribution >= 4 is 24.8 Å². The SMILES string of the molecule is CCCOP(=O)(O)OC[C@H]1C[C@@H](n2cnc3c(N)ncnc32)[C@H]1CO. The Kier molecular flexibility index (Phi) is 5.35. The highest BCUT2D eigenvalue weighted by atomic mass is 31.2. The van der Waals surface area contributed by atoms with Gasteiger partial charge in [-0.05, 0) is 18.8 Å². The molecule has 0 radical (unpaired) electrons. The van der Waals surface area contributed by atoms with Crippen LogP contribution in [0.1, 0.15) is 25.8 Å². The van der Waals surface area contributed by atoms with Crippen molar-refractivity contribution in [3.8, 4) is 0 Å². The highest BCUT2D eigenvalue weighted by Crippen LogP contribution is 2.49. The van der Waals surface area contributed by atoms with E-state index in [1.54, 1.807) is 6.33 Å². The molecule has 3 rings (SSSR count). The van der Waals surface area contributed by atoms with E-state index in [2.05, 4.69) is 15.0 Å². The summed E-state index contributed by atoms with van der Waals surface area (Å²) in [5.41, 5.74) is 6.92. The van der Waals surface area contributed by atoms with Gasteiger partial charge in [-0.15, -0.1) is 0 Å². The first-order chi connectivity index (χ1) is 12.0. The number of rotatable bonds is 8. The van der Waals surface area contributed by atoms with Gasteiger partial charge in [-0.2, -0.15) is 0 Å². The number of phosphoric acid groups is 1. The van der Waals surface area contributed by atoms with Gasteiger partial charge in [-0.1, -0.05) is 6.92 Å². The zero-order chi connectivity index (χ0) is 18.0. The number of nitrogen functional groups attached to an aromatic ring is 1. The molecule has 25 heavy (non-hydrogen) atoms. The van der Waals surface area contributed by atoms with Crippen molar-refractivity contribution < 1.29 is 23.6 Å². The minimum absolute atomic E-state index is 0.0347. The van der Waals surface area contributed by atoms with E-state index in [4.69, 9.17) is 14.8 Å². The summed E-state index contributed by atoms with van der Waals surface area (Å²) in [6.07, 6.45) is 4.28. The normalized spacial score (nSPS) is 25.6. The number of imidazole rings is 1. The summed E-state index contributed by atoms with van der Waals surface area (Å²) in [5, 5.41) is 9.71.